The van der Waals surface area contributed by atoms with Crippen molar-refractivity contribution in [2.24, 2.45) is 0 Å². The van der Waals surface area contributed by atoms with Crippen LogP contribution in [0.1, 0.15) is 17.2 Å². The van der Waals surface area contributed by atoms with Crippen molar-refractivity contribution in [2.45, 2.75) is 12.5 Å². The number of benzene rings is 2. The van der Waals surface area contributed by atoms with Gasteiger partial charge >= 0.3 is 0 Å². The molecule has 0 spiro atoms. The second-order valence-electron chi connectivity index (χ2n) is 6.22. The van der Waals surface area contributed by atoms with Gasteiger partial charge in [-0.1, -0.05) is 30.3 Å². The minimum atomic E-state index is 0.167. The molecule has 0 bridgehead atoms. The molecular formula is C22H21N3O. The van der Waals surface area contributed by atoms with Gasteiger partial charge in [-0.3, -0.25) is 0 Å². The van der Waals surface area contributed by atoms with Crippen molar-refractivity contribution in [1.82, 2.24) is 14.1 Å². The average Bonchev–Trinajstić information content (AvgIpc) is 3.40. The second-order valence-corrected chi connectivity index (χ2v) is 6.22. The summed E-state index contributed by atoms with van der Waals surface area (Å²) in [5, 5.41) is 0. The minimum Gasteiger partial charge on any atom is -0.497 e. The van der Waals surface area contributed by atoms with E-state index in [1.165, 1.54) is 16.8 Å². The monoisotopic (exact) mass is 343 g/mol. The van der Waals surface area contributed by atoms with E-state index in [0.717, 1.165) is 12.2 Å². The Balaban J connectivity index is 1.72. The number of hydrogen-bond acceptors (Lipinski definition) is 2. The Morgan fingerprint density at radius 2 is 1.69 bits per heavy atom. The van der Waals surface area contributed by atoms with Gasteiger partial charge in [0.1, 0.15) is 5.75 Å². The van der Waals surface area contributed by atoms with Gasteiger partial charge in [0.15, 0.2) is 0 Å². The first-order valence-corrected chi connectivity index (χ1v) is 8.68. The summed E-state index contributed by atoms with van der Waals surface area (Å²) in [6.07, 6.45) is 10.8. The molecular weight excluding hydrogens is 322 g/mol. The number of aromatic nitrogens is 3. The predicted molar refractivity (Wildman–Crippen MR) is 103 cm³/mol. The lowest BCUT2D eigenvalue weighted by atomic mass is 9.97. The van der Waals surface area contributed by atoms with Crippen LogP contribution in [0.15, 0.2) is 91.8 Å². The van der Waals surface area contributed by atoms with Crippen molar-refractivity contribution in [3.8, 4) is 11.4 Å². The molecule has 0 saturated carbocycles. The summed E-state index contributed by atoms with van der Waals surface area (Å²) in [6.45, 7) is 0. The lowest BCUT2D eigenvalue weighted by Gasteiger charge is -2.21. The van der Waals surface area contributed by atoms with E-state index in [1.54, 1.807) is 7.11 Å². The minimum absolute atomic E-state index is 0.167. The highest BCUT2D eigenvalue weighted by Crippen LogP contribution is 2.27. The first kappa shape index (κ1) is 16.2. The van der Waals surface area contributed by atoms with E-state index < -0.39 is 0 Å². The fourth-order valence-corrected chi connectivity index (χ4v) is 3.31. The van der Waals surface area contributed by atoms with Crippen LogP contribution in [0.25, 0.3) is 5.69 Å². The molecule has 0 aliphatic rings. The van der Waals surface area contributed by atoms with Crippen LogP contribution in [0, 0.1) is 0 Å². The van der Waals surface area contributed by atoms with Crippen LogP contribution in [0.2, 0.25) is 0 Å². The zero-order chi connectivity index (χ0) is 17.8. The summed E-state index contributed by atoms with van der Waals surface area (Å²) < 4.78 is 9.63. The molecule has 2 aromatic carbocycles. The van der Waals surface area contributed by atoms with Gasteiger partial charge < -0.3 is 13.9 Å². The maximum Gasteiger partial charge on any atom is 0.118 e. The van der Waals surface area contributed by atoms with Gasteiger partial charge in [-0.05, 0) is 47.9 Å². The largest absolute Gasteiger partial charge is 0.497 e. The number of imidazole rings is 1. The number of nitrogens with zero attached hydrogens (tertiary/aromatic N) is 3. The molecule has 4 aromatic rings. The average molecular weight is 343 g/mol. The van der Waals surface area contributed by atoms with Crippen LogP contribution in [0.3, 0.4) is 0 Å². The van der Waals surface area contributed by atoms with Crippen LogP contribution >= 0.6 is 0 Å². The van der Waals surface area contributed by atoms with Gasteiger partial charge in [-0.25, -0.2) is 4.98 Å². The molecule has 2 heterocycles. The molecule has 0 amide bonds. The van der Waals surface area contributed by atoms with E-state index in [9.17, 15) is 0 Å². The van der Waals surface area contributed by atoms with E-state index in [4.69, 9.17) is 4.74 Å². The summed E-state index contributed by atoms with van der Waals surface area (Å²) in [7, 11) is 1.69. The Kier molecular flexibility index (Phi) is 4.56. The Bertz CT molecular complexity index is 941. The summed E-state index contributed by atoms with van der Waals surface area (Å²) in [5.74, 6) is 0.867. The Morgan fingerprint density at radius 3 is 2.38 bits per heavy atom. The molecule has 1 atom stereocenters. The molecule has 0 unspecified atom stereocenters. The standard InChI is InChI=1S/C22H21N3O/c1-26-20-10-8-18(9-11-20)22(25-15-12-23-17-25)16-19-6-2-3-7-21(19)24-13-4-5-14-24/h2-15,17,22H,16H2,1H3/t22-/m0/s1. The first-order chi connectivity index (χ1) is 12.8. The number of methoxy groups -OCH3 is 1. The van der Waals surface area contributed by atoms with Gasteiger partial charge in [0, 0.05) is 30.5 Å². The third-order valence-corrected chi connectivity index (χ3v) is 4.67. The Morgan fingerprint density at radius 1 is 0.923 bits per heavy atom. The molecule has 26 heavy (non-hydrogen) atoms. The summed E-state index contributed by atoms with van der Waals surface area (Å²) in [5.41, 5.74) is 3.72. The maximum atomic E-state index is 5.30. The number of hydrogen-bond donors (Lipinski definition) is 0. The molecule has 0 N–H and O–H groups in total. The van der Waals surface area contributed by atoms with Crippen LogP contribution < -0.4 is 4.74 Å². The third kappa shape index (κ3) is 3.26. The SMILES string of the molecule is COc1ccc([C@H](Cc2ccccc2-n2cccc2)n2ccnc2)cc1. The molecule has 4 heteroatoms. The fourth-order valence-electron chi connectivity index (χ4n) is 3.31. The zero-order valence-electron chi connectivity index (χ0n) is 14.7. The predicted octanol–water partition coefficient (Wildman–Crippen LogP) is 4.51. The zero-order valence-corrected chi connectivity index (χ0v) is 14.7. The molecule has 0 aliphatic heterocycles. The number of ether oxygens (including phenoxy) is 1. The normalized spacial score (nSPS) is 12.0. The number of para-hydroxylation sites is 1. The lowest BCUT2D eigenvalue weighted by molar-refractivity contribution is 0.414. The highest BCUT2D eigenvalue weighted by molar-refractivity contribution is 5.43. The van der Waals surface area contributed by atoms with Crippen molar-refractivity contribution in [3.63, 3.8) is 0 Å². The highest BCUT2D eigenvalue weighted by Gasteiger charge is 2.16. The van der Waals surface area contributed by atoms with E-state index in [-0.39, 0.29) is 6.04 Å². The molecule has 0 aliphatic carbocycles. The number of rotatable bonds is 6. The van der Waals surface area contributed by atoms with E-state index >= 15 is 0 Å². The quantitative estimate of drug-likeness (QED) is 0.516. The van der Waals surface area contributed by atoms with Crippen molar-refractivity contribution < 1.29 is 4.74 Å². The molecule has 0 radical (unpaired) electrons. The summed E-state index contributed by atoms with van der Waals surface area (Å²) in [4.78, 5) is 4.25. The van der Waals surface area contributed by atoms with Gasteiger partial charge in [0.2, 0.25) is 0 Å². The molecule has 0 fully saturated rings. The van der Waals surface area contributed by atoms with Gasteiger partial charge in [-0.2, -0.15) is 0 Å². The van der Waals surface area contributed by atoms with Crippen molar-refractivity contribution in [1.29, 1.82) is 0 Å². The third-order valence-electron chi connectivity index (χ3n) is 4.67. The summed E-state index contributed by atoms with van der Waals surface area (Å²) >= 11 is 0. The smallest absolute Gasteiger partial charge is 0.118 e. The topological polar surface area (TPSA) is 32.0 Å². The molecule has 130 valence electrons. The van der Waals surface area contributed by atoms with Gasteiger partial charge in [0.25, 0.3) is 0 Å². The van der Waals surface area contributed by atoms with Crippen molar-refractivity contribution in [2.75, 3.05) is 7.11 Å². The van der Waals surface area contributed by atoms with E-state index in [2.05, 4.69) is 62.9 Å². The van der Waals surface area contributed by atoms with Gasteiger partial charge in [-0.15, -0.1) is 0 Å². The molecule has 4 nitrogen and oxygen atoms in total. The van der Waals surface area contributed by atoms with Crippen LogP contribution in [-0.4, -0.2) is 21.2 Å². The van der Waals surface area contributed by atoms with E-state index in [1.807, 2.05) is 43.0 Å². The van der Waals surface area contributed by atoms with Gasteiger partial charge in [0.05, 0.1) is 19.5 Å². The van der Waals surface area contributed by atoms with Crippen molar-refractivity contribution in [3.05, 3.63) is 103 Å². The first-order valence-electron chi connectivity index (χ1n) is 8.68. The van der Waals surface area contributed by atoms with Crippen LogP contribution in [0.4, 0.5) is 0 Å². The molecule has 0 saturated heterocycles. The maximum absolute atomic E-state index is 5.30. The lowest BCUT2D eigenvalue weighted by Crippen LogP contribution is -2.13. The Hall–Kier alpha value is -3.27. The second kappa shape index (κ2) is 7.31. The van der Waals surface area contributed by atoms with Crippen molar-refractivity contribution >= 4 is 0 Å². The Labute approximate surface area is 153 Å². The van der Waals surface area contributed by atoms with E-state index in [0.29, 0.717) is 0 Å². The van der Waals surface area contributed by atoms with Crippen LogP contribution in [-0.2, 0) is 6.42 Å². The fraction of sp³-hybridized carbons (Fsp3) is 0.136. The molecule has 4 rings (SSSR count). The molecule has 2 aromatic heterocycles. The highest BCUT2D eigenvalue weighted by atomic mass is 16.5. The summed E-state index contributed by atoms with van der Waals surface area (Å²) in [6, 6.07) is 21.1. The van der Waals surface area contributed by atoms with Crippen LogP contribution in [0.5, 0.6) is 5.75 Å².